The third-order valence-electron chi connectivity index (χ3n) is 4.83. The van der Waals surface area contributed by atoms with Crippen molar-refractivity contribution in [1.29, 1.82) is 0 Å². The number of aromatic carboxylic acids is 1. The Bertz CT molecular complexity index is 777. The zero-order valence-electron chi connectivity index (χ0n) is 14.1. The van der Waals surface area contributed by atoms with E-state index in [0.717, 1.165) is 11.1 Å². The molecule has 0 spiro atoms. The number of carboxylic acids is 1. The predicted molar refractivity (Wildman–Crippen MR) is 94.9 cm³/mol. The number of nitrogens with one attached hydrogen (secondary N) is 1. The second-order valence-electron chi connectivity index (χ2n) is 6.35. The molecule has 0 aromatic heterocycles. The zero-order valence-corrected chi connectivity index (χ0v) is 14.1. The SMILES string of the molecule is Cc1ccccc1C1(C(=O)Nc2ccc(C(=O)O)cc2)CCOCC1. The molecule has 2 aromatic rings. The molecule has 0 saturated carbocycles. The summed E-state index contributed by atoms with van der Waals surface area (Å²) in [4.78, 5) is 24.1. The molecule has 25 heavy (non-hydrogen) atoms. The van der Waals surface area contributed by atoms with Crippen LogP contribution in [0.5, 0.6) is 0 Å². The Kier molecular flexibility index (Phi) is 4.86. The fourth-order valence-electron chi connectivity index (χ4n) is 3.40. The number of hydrogen-bond donors (Lipinski definition) is 2. The first-order valence-electron chi connectivity index (χ1n) is 8.32. The maximum atomic E-state index is 13.2. The van der Waals surface area contributed by atoms with Gasteiger partial charge in [-0.2, -0.15) is 0 Å². The van der Waals surface area contributed by atoms with Gasteiger partial charge in [0.2, 0.25) is 5.91 Å². The molecule has 1 heterocycles. The molecule has 130 valence electrons. The van der Waals surface area contributed by atoms with E-state index >= 15 is 0 Å². The number of hydrogen-bond acceptors (Lipinski definition) is 3. The van der Waals surface area contributed by atoms with Crippen LogP contribution in [0.2, 0.25) is 0 Å². The lowest BCUT2D eigenvalue weighted by Crippen LogP contribution is -2.45. The highest BCUT2D eigenvalue weighted by atomic mass is 16.5. The van der Waals surface area contributed by atoms with Crippen molar-refractivity contribution in [2.45, 2.75) is 25.2 Å². The summed E-state index contributed by atoms with van der Waals surface area (Å²) in [5, 5.41) is 11.9. The van der Waals surface area contributed by atoms with Gasteiger partial charge in [-0.05, 0) is 55.2 Å². The fourth-order valence-corrected chi connectivity index (χ4v) is 3.40. The molecule has 1 saturated heterocycles. The van der Waals surface area contributed by atoms with Crippen LogP contribution in [0.25, 0.3) is 0 Å². The van der Waals surface area contributed by atoms with Crippen molar-refractivity contribution in [2.75, 3.05) is 18.5 Å². The maximum absolute atomic E-state index is 13.2. The summed E-state index contributed by atoms with van der Waals surface area (Å²) in [7, 11) is 0. The number of carbonyl (C=O) groups excluding carboxylic acids is 1. The number of amides is 1. The average Bonchev–Trinajstić information content (AvgIpc) is 2.63. The molecule has 5 nitrogen and oxygen atoms in total. The zero-order chi connectivity index (χ0) is 17.9. The van der Waals surface area contributed by atoms with Crippen molar-refractivity contribution >= 4 is 17.6 Å². The van der Waals surface area contributed by atoms with Gasteiger partial charge in [0.05, 0.1) is 11.0 Å². The summed E-state index contributed by atoms with van der Waals surface area (Å²) in [6, 6.07) is 14.2. The molecule has 1 aliphatic heterocycles. The summed E-state index contributed by atoms with van der Waals surface area (Å²) in [5.74, 6) is -1.06. The van der Waals surface area contributed by atoms with E-state index in [1.807, 2.05) is 31.2 Å². The fraction of sp³-hybridized carbons (Fsp3) is 0.300. The van der Waals surface area contributed by atoms with Crippen molar-refractivity contribution in [1.82, 2.24) is 0 Å². The number of aryl methyl sites for hydroxylation is 1. The van der Waals surface area contributed by atoms with Crippen molar-refractivity contribution in [2.24, 2.45) is 0 Å². The van der Waals surface area contributed by atoms with E-state index in [1.54, 1.807) is 12.1 Å². The minimum absolute atomic E-state index is 0.0758. The molecule has 2 N–H and O–H groups in total. The molecule has 0 radical (unpaired) electrons. The molecule has 0 atom stereocenters. The quantitative estimate of drug-likeness (QED) is 0.895. The minimum atomic E-state index is -0.987. The first-order valence-corrected chi connectivity index (χ1v) is 8.32. The average molecular weight is 339 g/mol. The smallest absolute Gasteiger partial charge is 0.335 e. The van der Waals surface area contributed by atoms with Crippen LogP contribution in [0.15, 0.2) is 48.5 Å². The maximum Gasteiger partial charge on any atom is 0.335 e. The largest absolute Gasteiger partial charge is 0.478 e. The lowest BCUT2D eigenvalue weighted by molar-refractivity contribution is -0.125. The monoisotopic (exact) mass is 339 g/mol. The second-order valence-corrected chi connectivity index (χ2v) is 6.35. The summed E-state index contributed by atoms with van der Waals surface area (Å²) in [6.45, 7) is 3.10. The topological polar surface area (TPSA) is 75.6 Å². The Hall–Kier alpha value is -2.66. The van der Waals surface area contributed by atoms with Crippen LogP contribution in [0.3, 0.4) is 0 Å². The number of benzene rings is 2. The third kappa shape index (κ3) is 3.42. The lowest BCUT2D eigenvalue weighted by atomic mass is 9.71. The van der Waals surface area contributed by atoms with Gasteiger partial charge in [0, 0.05) is 18.9 Å². The Balaban J connectivity index is 1.90. The molecular weight excluding hydrogens is 318 g/mol. The van der Waals surface area contributed by atoms with Crippen LogP contribution >= 0.6 is 0 Å². The molecule has 0 unspecified atom stereocenters. The Morgan fingerprint density at radius 2 is 1.68 bits per heavy atom. The Labute approximate surface area is 146 Å². The van der Waals surface area contributed by atoms with Crippen molar-refractivity contribution < 1.29 is 19.4 Å². The van der Waals surface area contributed by atoms with Gasteiger partial charge in [0.1, 0.15) is 0 Å². The standard InChI is InChI=1S/C20H21NO4/c1-14-4-2-3-5-17(14)20(10-12-25-13-11-20)19(24)21-16-8-6-15(7-9-16)18(22)23/h2-9H,10-13H2,1H3,(H,21,24)(H,22,23). The van der Waals surface area contributed by atoms with Crippen molar-refractivity contribution in [3.05, 3.63) is 65.2 Å². The number of anilines is 1. The van der Waals surface area contributed by atoms with Gasteiger partial charge in [-0.3, -0.25) is 4.79 Å². The van der Waals surface area contributed by atoms with E-state index in [4.69, 9.17) is 9.84 Å². The van der Waals surface area contributed by atoms with E-state index in [9.17, 15) is 9.59 Å². The van der Waals surface area contributed by atoms with Crippen LogP contribution in [0.4, 0.5) is 5.69 Å². The Morgan fingerprint density at radius 1 is 1.04 bits per heavy atom. The van der Waals surface area contributed by atoms with E-state index in [2.05, 4.69) is 5.32 Å². The highest BCUT2D eigenvalue weighted by Crippen LogP contribution is 2.37. The molecule has 1 fully saturated rings. The molecule has 0 bridgehead atoms. The van der Waals surface area contributed by atoms with E-state index in [1.165, 1.54) is 12.1 Å². The van der Waals surface area contributed by atoms with Gasteiger partial charge in [-0.15, -0.1) is 0 Å². The van der Waals surface area contributed by atoms with Crippen molar-refractivity contribution in [3.63, 3.8) is 0 Å². The number of carboxylic acid groups (broad SMARTS) is 1. The van der Waals surface area contributed by atoms with Crippen LogP contribution < -0.4 is 5.32 Å². The van der Waals surface area contributed by atoms with E-state index in [0.29, 0.717) is 31.7 Å². The molecule has 1 aliphatic rings. The molecule has 5 heteroatoms. The number of ether oxygens (including phenoxy) is 1. The van der Waals surface area contributed by atoms with Crippen LogP contribution in [0.1, 0.15) is 34.3 Å². The number of rotatable bonds is 4. The highest BCUT2D eigenvalue weighted by Gasteiger charge is 2.42. The predicted octanol–water partition coefficient (Wildman–Crippen LogP) is 3.38. The summed E-state index contributed by atoms with van der Waals surface area (Å²) in [6.07, 6.45) is 1.24. The van der Waals surface area contributed by atoms with Gasteiger partial charge in [-0.25, -0.2) is 4.79 Å². The lowest BCUT2D eigenvalue weighted by Gasteiger charge is -2.37. The summed E-state index contributed by atoms with van der Waals surface area (Å²) < 4.78 is 5.48. The van der Waals surface area contributed by atoms with Gasteiger partial charge in [0.15, 0.2) is 0 Å². The Morgan fingerprint density at radius 3 is 2.28 bits per heavy atom. The van der Waals surface area contributed by atoms with Gasteiger partial charge < -0.3 is 15.2 Å². The summed E-state index contributed by atoms with van der Waals surface area (Å²) in [5.41, 5.74) is 2.26. The second kappa shape index (κ2) is 7.07. The minimum Gasteiger partial charge on any atom is -0.478 e. The third-order valence-corrected chi connectivity index (χ3v) is 4.83. The van der Waals surface area contributed by atoms with Gasteiger partial charge >= 0.3 is 5.97 Å². The molecule has 3 rings (SSSR count). The first-order chi connectivity index (χ1) is 12.0. The molecular formula is C20H21NO4. The highest BCUT2D eigenvalue weighted by molar-refractivity contribution is 6.00. The molecule has 1 amide bonds. The first kappa shape index (κ1) is 17.2. The normalized spacial score (nSPS) is 16.2. The van der Waals surface area contributed by atoms with Gasteiger partial charge in [0.25, 0.3) is 0 Å². The molecule has 2 aromatic carbocycles. The number of carbonyl (C=O) groups is 2. The summed E-state index contributed by atoms with van der Waals surface area (Å²) >= 11 is 0. The van der Waals surface area contributed by atoms with Crippen LogP contribution in [0, 0.1) is 6.92 Å². The van der Waals surface area contributed by atoms with Crippen molar-refractivity contribution in [3.8, 4) is 0 Å². The van der Waals surface area contributed by atoms with Gasteiger partial charge in [-0.1, -0.05) is 24.3 Å². The van der Waals surface area contributed by atoms with Crippen LogP contribution in [-0.2, 0) is 14.9 Å². The van der Waals surface area contributed by atoms with E-state index in [-0.39, 0.29) is 11.5 Å². The van der Waals surface area contributed by atoms with Crippen LogP contribution in [-0.4, -0.2) is 30.2 Å². The molecule has 0 aliphatic carbocycles. The van der Waals surface area contributed by atoms with E-state index < -0.39 is 11.4 Å².